The van der Waals surface area contributed by atoms with Crippen LogP contribution in [-0.4, -0.2) is 27.8 Å². The first-order valence-corrected chi connectivity index (χ1v) is 12.3. The summed E-state index contributed by atoms with van der Waals surface area (Å²) in [7, 11) is 0. The van der Waals surface area contributed by atoms with Gasteiger partial charge in [0.25, 0.3) is 11.5 Å². The second-order valence-corrected chi connectivity index (χ2v) is 9.53. The molecular weight excluding hydrogens is 507 g/mol. The van der Waals surface area contributed by atoms with Crippen molar-refractivity contribution in [2.24, 2.45) is 0 Å². The average Bonchev–Trinajstić information content (AvgIpc) is 3.23. The molecule has 0 bridgehead atoms. The first kappa shape index (κ1) is 25.2. The second kappa shape index (κ2) is 10.1. The van der Waals surface area contributed by atoms with Gasteiger partial charge in [-0.25, -0.2) is 4.39 Å². The summed E-state index contributed by atoms with van der Waals surface area (Å²) < 4.78 is 16.4. The van der Waals surface area contributed by atoms with Crippen LogP contribution in [0.15, 0.2) is 95.9 Å². The predicted octanol–water partition coefficient (Wildman–Crippen LogP) is 4.94. The summed E-state index contributed by atoms with van der Waals surface area (Å²) in [6.45, 7) is 1.84. The van der Waals surface area contributed by atoms with Crippen LogP contribution in [0.3, 0.4) is 0 Å². The number of pyridine rings is 1. The first-order chi connectivity index (χ1) is 18.3. The van der Waals surface area contributed by atoms with E-state index in [2.05, 4.69) is 10.6 Å². The Morgan fingerprint density at radius 2 is 1.74 bits per heavy atom. The van der Waals surface area contributed by atoms with Crippen molar-refractivity contribution in [3.8, 4) is 5.69 Å². The molecule has 38 heavy (non-hydrogen) atoms. The van der Waals surface area contributed by atoms with Gasteiger partial charge in [0.2, 0.25) is 5.91 Å². The van der Waals surface area contributed by atoms with E-state index in [1.807, 2.05) is 12.1 Å². The lowest BCUT2D eigenvalue weighted by molar-refractivity contribution is -0.143. The molecule has 4 aromatic rings. The topological polar surface area (TPSA) is 83.4 Å². The van der Waals surface area contributed by atoms with Crippen LogP contribution in [0.2, 0.25) is 5.02 Å². The van der Waals surface area contributed by atoms with Gasteiger partial charge in [-0.15, -0.1) is 0 Å². The molecule has 1 aliphatic rings. The molecular formula is C29H24ClFN4O3. The molecule has 9 heteroatoms. The number of nitrogens with one attached hydrogen (secondary N) is 2. The van der Waals surface area contributed by atoms with Gasteiger partial charge in [0.05, 0.1) is 17.9 Å². The summed E-state index contributed by atoms with van der Waals surface area (Å²) >= 11 is 5.94. The molecule has 0 saturated carbocycles. The highest BCUT2D eigenvalue weighted by Crippen LogP contribution is 2.40. The zero-order valence-corrected chi connectivity index (χ0v) is 21.2. The number of hydrogen-bond acceptors (Lipinski definition) is 4. The maximum absolute atomic E-state index is 15.1. The lowest BCUT2D eigenvalue weighted by Gasteiger charge is -2.35. The molecule has 2 amide bonds. The van der Waals surface area contributed by atoms with Gasteiger partial charge in [-0.3, -0.25) is 19.0 Å². The molecule has 5 rings (SSSR count). The molecule has 2 heterocycles. The van der Waals surface area contributed by atoms with Crippen LogP contribution in [-0.2, 0) is 21.7 Å². The van der Waals surface area contributed by atoms with Gasteiger partial charge >= 0.3 is 0 Å². The molecule has 7 nitrogen and oxygen atoms in total. The van der Waals surface area contributed by atoms with Gasteiger partial charge in [0, 0.05) is 35.6 Å². The third kappa shape index (κ3) is 4.66. The van der Waals surface area contributed by atoms with Gasteiger partial charge < -0.3 is 15.5 Å². The van der Waals surface area contributed by atoms with Crippen LogP contribution in [0, 0.1) is 5.82 Å². The maximum atomic E-state index is 15.1. The van der Waals surface area contributed by atoms with Crippen molar-refractivity contribution in [3.63, 3.8) is 0 Å². The number of carbonyl (C=O) groups excluding carboxylic acids is 2. The maximum Gasteiger partial charge on any atom is 0.255 e. The Morgan fingerprint density at radius 1 is 1.00 bits per heavy atom. The molecule has 0 spiro atoms. The monoisotopic (exact) mass is 530 g/mol. The number of aromatic nitrogens is 1. The van der Waals surface area contributed by atoms with Crippen molar-refractivity contribution in [3.05, 3.63) is 123 Å². The summed E-state index contributed by atoms with van der Waals surface area (Å²) in [5.74, 6) is -1.55. The predicted molar refractivity (Wildman–Crippen MR) is 145 cm³/mol. The summed E-state index contributed by atoms with van der Waals surface area (Å²) in [4.78, 5) is 40.7. The normalized spacial score (nSPS) is 16.1. The molecule has 0 unspecified atom stereocenters. The van der Waals surface area contributed by atoms with Crippen molar-refractivity contribution >= 4 is 34.8 Å². The summed E-state index contributed by atoms with van der Waals surface area (Å²) in [5.41, 5.74) is 0.810. The Balaban J connectivity index is 1.40. The number of amides is 2. The number of halogens is 2. The number of carbonyl (C=O) groups is 2. The summed E-state index contributed by atoms with van der Waals surface area (Å²) in [5, 5.41) is 6.31. The Kier molecular flexibility index (Phi) is 6.73. The van der Waals surface area contributed by atoms with Crippen molar-refractivity contribution in [2.75, 3.05) is 17.2 Å². The molecule has 192 valence electrons. The van der Waals surface area contributed by atoms with E-state index >= 15 is 4.39 Å². The third-order valence-electron chi connectivity index (χ3n) is 6.74. The number of hydrogen-bond donors (Lipinski definition) is 2. The van der Waals surface area contributed by atoms with Crippen molar-refractivity contribution in [2.45, 2.75) is 19.0 Å². The van der Waals surface area contributed by atoms with Gasteiger partial charge in [-0.05, 0) is 60.5 Å². The Labute approximate surface area is 223 Å². The fourth-order valence-electron chi connectivity index (χ4n) is 4.67. The summed E-state index contributed by atoms with van der Waals surface area (Å²) in [6, 6.07) is 23.0. The minimum absolute atomic E-state index is 0.0482. The van der Waals surface area contributed by atoms with Crippen molar-refractivity contribution in [1.29, 1.82) is 0 Å². The van der Waals surface area contributed by atoms with Crippen LogP contribution in [0.4, 0.5) is 15.8 Å². The van der Waals surface area contributed by atoms with Crippen LogP contribution < -0.4 is 16.2 Å². The molecule has 1 aliphatic heterocycles. The highest BCUT2D eigenvalue weighted by atomic mass is 35.5. The van der Waals surface area contributed by atoms with Crippen LogP contribution >= 0.6 is 11.6 Å². The minimum Gasteiger partial charge on any atom is -0.376 e. The van der Waals surface area contributed by atoms with Crippen molar-refractivity contribution in [1.82, 2.24) is 9.47 Å². The number of benzene rings is 3. The number of fused-ring (bicyclic) bond motifs is 1. The van der Waals surface area contributed by atoms with E-state index in [1.165, 1.54) is 33.9 Å². The fraction of sp³-hybridized carbons (Fsp3) is 0.138. The van der Waals surface area contributed by atoms with E-state index in [0.717, 1.165) is 5.56 Å². The molecule has 0 aliphatic carbocycles. The standard InChI is InChI=1S/C29H24ClFN4O3/c1-29(28(38)33-25-14-13-22(16-24(25)31)34-15-5-4-8-26(34)36)23-7-3-2-6-19(23)18-35(29)27(37)17-32-21-11-9-20(30)10-12-21/h2-16,32H,17-18H2,1H3,(H,33,38)/t29-/m1/s1. The molecule has 1 aromatic heterocycles. The first-order valence-electron chi connectivity index (χ1n) is 11.9. The number of nitrogens with zero attached hydrogens (tertiary/aromatic N) is 2. The average molecular weight is 531 g/mol. The van der Waals surface area contributed by atoms with Crippen LogP contribution in [0.25, 0.3) is 5.69 Å². The molecule has 0 radical (unpaired) electrons. The highest BCUT2D eigenvalue weighted by molar-refractivity contribution is 6.30. The van der Waals surface area contributed by atoms with Crippen LogP contribution in [0.1, 0.15) is 18.1 Å². The van der Waals surface area contributed by atoms with E-state index < -0.39 is 17.3 Å². The van der Waals surface area contributed by atoms with Gasteiger partial charge in [-0.1, -0.05) is 41.9 Å². The van der Waals surface area contributed by atoms with E-state index in [4.69, 9.17) is 11.6 Å². The fourth-order valence-corrected chi connectivity index (χ4v) is 4.80. The summed E-state index contributed by atoms with van der Waals surface area (Å²) in [6.07, 6.45) is 1.54. The number of anilines is 2. The third-order valence-corrected chi connectivity index (χ3v) is 6.99. The van der Waals surface area contributed by atoms with Gasteiger partial charge in [0.15, 0.2) is 0 Å². The van der Waals surface area contributed by atoms with Gasteiger partial charge in [-0.2, -0.15) is 0 Å². The van der Waals surface area contributed by atoms with Crippen molar-refractivity contribution < 1.29 is 14.0 Å². The van der Waals surface area contributed by atoms with E-state index in [0.29, 0.717) is 22.0 Å². The molecule has 0 saturated heterocycles. The lowest BCUT2D eigenvalue weighted by atomic mass is 9.90. The Morgan fingerprint density at radius 3 is 2.47 bits per heavy atom. The van der Waals surface area contributed by atoms with Gasteiger partial charge in [0.1, 0.15) is 11.4 Å². The Bertz CT molecular complexity index is 1590. The molecule has 0 fully saturated rings. The smallest absolute Gasteiger partial charge is 0.255 e. The van der Waals surface area contributed by atoms with E-state index in [1.54, 1.807) is 61.5 Å². The lowest BCUT2D eigenvalue weighted by Crippen LogP contribution is -2.52. The minimum atomic E-state index is -1.38. The van der Waals surface area contributed by atoms with E-state index in [-0.39, 0.29) is 30.2 Å². The molecule has 1 atom stereocenters. The SMILES string of the molecule is C[C@]1(C(=O)Nc2ccc(-n3ccccc3=O)cc2F)c2ccccc2CN1C(=O)CNc1ccc(Cl)cc1. The number of rotatable bonds is 6. The zero-order chi connectivity index (χ0) is 26.9. The highest BCUT2D eigenvalue weighted by Gasteiger charge is 2.49. The van der Waals surface area contributed by atoms with E-state index in [9.17, 15) is 14.4 Å². The molecule has 2 N–H and O–H groups in total. The largest absolute Gasteiger partial charge is 0.376 e. The quantitative estimate of drug-likeness (QED) is 0.370. The zero-order valence-electron chi connectivity index (χ0n) is 20.4. The Hall–Kier alpha value is -4.43. The second-order valence-electron chi connectivity index (χ2n) is 9.10. The van der Waals surface area contributed by atoms with Crippen LogP contribution in [0.5, 0.6) is 0 Å². The molecule has 3 aromatic carbocycles.